The minimum absolute atomic E-state index is 0.0831. The number of amides is 3. The molecule has 3 amide bonds. The van der Waals surface area contributed by atoms with Crippen LogP contribution in [0.4, 0.5) is 18.0 Å². The molecular weight excluding hydrogens is 365 g/mol. The molecule has 0 atom stereocenters. The molecule has 156 valence electrons. The number of urea groups is 1. The first-order chi connectivity index (χ1) is 12.8. The molecule has 0 aromatic carbocycles. The minimum atomic E-state index is -4.27. The molecule has 0 bridgehead atoms. The van der Waals surface area contributed by atoms with Crippen LogP contribution < -0.4 is 5.32 Å². The molecule has 10 heteroatoms. The summed E-state index contributed by atoms with van der Waals surface area (Å²) in [6, 6.07) is -0.101. The van der Waals surface area contributed by atoms with Crippen LogP contribution in [-0.4, -0.2) is 98.4 Å². The van der Waals surface area contributed by atoms with E-state index in [2.05, 4.69) is 15.0 Å². The van der Waals surface area contributed by atoms with Crippen LogP contribution in [0.2, 0.25) is 0 Å². The van der Waals surface area contributed by atoms with Gasteiger partial charge in [0.25, 0.3) is 0 Å². The number of rotatable bonds is 9. The highest BCUT2D eigenvalue weighted by Crippen LogP contribution is 2.14. The first-order valence-corrected chi connectivity index (χ1v) is 9.52. The second-order valence-corrected chi connectivity index (χ2v) is 6.92. The summed E-state index contributed by atoms with van der Waals surface area (Å²) in [4.78, 5) is 29.4. The number of alkyl halides is 3. The van der Waals surface area contributed by atoms with Crippen molar-refractivity contribution in [1.82, 2.24) is 20.0 Å². The zero-order valence-electron chi connectivity index (χ0n) is 15.6. The lowest BCUT2D eigenvalue weighted by atomic mass is 10.3. The molecule has 0 aliphatic carbocycles. The molecule has 0 unspecified atom stereocenters. The predicted molar refractivity (Wildman–Crippen MR) is 93.3 cm³/mol. The fraction of sp³-hybridized carbons (Fsp3) is 0.882. The number of halogens is 3. The number of ether oxygens (including phenoxy) is 1. The van der Waals surface area contributed by atoms with Crippen LogP contribution in [0.5, 0.6) is 0 Å². The molecule has 0 saturated carbocycles. The Kier molecular flexibility index (Phi) is 8.62. The van der Waals surface area contributed by atoms with E-state index in [9.17, 15) is 22.8 Å². The van der Waals surface area contributed by atoms with Crippen molar-refractivity contribution in [3.8, 4) is 0 Å². The van der Waals surface area contributed by atoms with E-state index in [0.29, 0.717) is 58.7 Å². The molecule has 2 heterocycles. The van der Waals surface area contributed by atoms with Crippen LogP contribution >= 0.6 is 0 Å². The molecule has 0 radical (unpaired) electrons. The lowest BCUT2D eigenvalue weighted by Crippen LogP contribution is -2.52. The van der Waals surface area contributed by atoms with E-state index in [-0.39, 0.29) is 18.5 Å². The van der Waals surface area contributed by atoms with Crippen molar-refractivity contribution < 1.29 is 27.5 Å². The molecule has 1 N–H and O–H groups in total. The molecule has 2 aliphatic heterocycles. The van der Waals surface area contributed by atoms with Crippen LogP contribution in [0.15, 0.2) is 0 Å². The zero-order valence-corrected chi connectivity index (χ0v) is 15.6. The summed E-state index contributed by atoms with van der Waals surface area (Å²) in [6.45, 7) is 4.19. The molecule has 2 aliphatic rings. The van der Waals surface area contributed by atoms with Crippen molar-refractivity contribution >= 4 is 11.9 Å². The van der Waals surface area contributed by atoms with E-state index in [1.54, 1.807) is 4.90 Å². The average Bonchev–Trinajstić information content (AvgIpc) is 3.03. The number of carbonyl (C=O) groups is 2. The van der Waals surface area contributed by atoms with Crippen molar-refractivity contribution in [2.75, 3.05) is 65.6 Å². The van der Waals surface area contributed by atoms with E-state index in [1.165, 1.54) is 0 Å². The standard InChI is InChI=1S/C17H29F3N4O3/c18-17(19,20)14-27-13-3-6-22-9-11-24(12-10-22)16(26)21-5-2-8-23-7-1-4-15(23)25/h1-14H2,(H,21,26). The summed E-state index contributed by atoms with van der Waals surface area (Å²) in [7, 11) is 0. The van der Waals surface area contributed by atoms with Crippen molar-refractivity contribution in [2.24, 2.45) is 0 Å². The van der Waals surface area contributed by atoms with Gasteiger partial charge in [0.1, 0.15) is 6.61 Å². The number of nitrogens with zero attached hydrogens (tertiary/aromatic N) is 3. The third-order valence-electron chi connectivity index (χ3n) is 4.74. The fourth-order valence-corrected chi connectivity index (χ4v) is 3.27. The summed E-state index contributed by atoms with van der Waals surface area (Å²) in [5, 5.41) is 2.88. The average molecular weight is 394 g/mol. The van der Waals surface area contributed by atoms with Crippen LogP contribution in [0.3, 0.4) is 0 Å². The van der Waals surface area contributed by atoms with Gasteiger partial charge in [0, 0.05) is 65.4 Å². The normalized spacial score (nSPS) is 19.0. The van der Waals surface area contributed by atoms with Gasteiger partial charge in [-0.25, -0.2) is 4.79 Å². The largest absolute Gasteiger partial charge is 0.411 e. The Morgan fingerprint density at radius 1 is 1.07 bits per heavy atom. The summed E-state index contributed by atoms with van der Waals surface area (Å²) in [5.74, 6) is 0.196. The maximum atomic E-state index is 12.1. The van der Waals surface area contributed by atoms with E-state index < -0.39 is 12.8 Å². The van der Waals surface area contributed by atoms with Crippen LogP contribution in [0.1, 0.15) is 25.7 Å². The molecule has 2 fully saturated rings. The first-order valence-electron chi connectivity index (χ1n) is 9.52. The number of piperazine rings is 1. The van der Waals surface area contributed by atoms with Crippen molar-refractivity contribution in [1.29, 1.82) is 0 Å². The third kappa shape index (κ3) is 8.34. The number of likely N-dealkylation sites (tertiary alicyclic amines) is 1. The van der Waals surface area contributed by atoms with Crippen LogP contribution in [-0.2, 0) is 9.53 Å². The molecule has 0 aromatic rings. The second-order valence-electron chi connectivity index (χ2n) is 6.92. The van der Waals surface area contributed by atoms with Crippen molar-refractivity contribution in [3.63, 3.8) is 0 Å². The molecular formula is C17H29F3N4O3. The van der Waals surface area contributed by atoms with Gasteiger partial charge >= 0.3 is 12.2 Å². The SMILES string of the molecule is O=C1CCCN1CCCNC(=O)N1CCN(CCCOCC(F)(F)F)CC1. The maximum Gasteiger partial charge on any atom is 0.411 e. The number of carbonyl (C=O) groups excluding carboxylic acids is 2. The fourth-order valence-electron chi connectivity index (χ4n) is 3.27. The molecule has 0 aromatic heterocycles. The van der Waals surface area contributed by atoms with Gasteiger partial charge in [0.2, 0.25) is 5.91 Å². The quantitative estimate of drug-likeness (QED) is 0.599. The van der Waals surface area contributed by atoms with Crippen LogP contribution in [0.25, 0.3) is 0 Å². The highest BCUT2D eigenvalue weighted by Gasteiger charge is 2.27. The maximum absolute atomic E-state index is 12.1. The predicted octanol–water partition coefficient (Wildman–Crippen LogP) is 1.30. The van der Waals surface area contributed by atoms with Gasteiger partial charge in [-0.2, -0.15) is 13.2 Å². The van der Waals surface area contributed by atoms with Gasteiger partial charge in [-0.3, -0.25) is 9.69 Å². The molecule has 0 spiro atoms. The number of hydrogen-bond acceptors (Lipinski definition) is 4. The van der Waals surface area contributed by atoms with Gasteiger partial charge in [-0.05, 0) is 19.3 Å². The smallest absolute Gasteiger partial charge is 0.372 e. The third-order valence-corrected chi connectivity index (χ3v) is 4.74. The first kappa shape index (κ1) is 21.7. The van der Waals surface area contributed by atoms with E-state index in [4.69, 9.17) is 0 Å². The Morgan fingerprint density at radius 3 is 2.44 bits per heavy atom. The van der Waals surface area contributed by atoms with E-state index >= 15 is 0 Å². The van der Waals surface area contributed by atoms with Crippen molar-refractivity contribution in [2.45, 2.75) is 31.9 Å². The summed E-state index contributed by atoms with van der Waals surface area (Å²) < 4.78 is 40.5. The van der Waals surface area contributed by atoms with Gasteiger partial charge in [0.15, 0.2) is 0 Å². The van der Waals surface area contributed by atoms with Crippen molar-refractivity contribution in [3.05, 3.63) is 0 Å². The summed E-state index contributed by atoms with van der Waals surface area (Å²) in [5.41, 5.74) is 0. The van der Waals surface area contributed by atoms with Gasteiger partial charge in [-0.15, -0.1) is 0 Å². The zero-order chi connectivity index (χ0) is 19.7. The van der Waals surface area contributed by atoms with Crippen LogP contribution in [0, 0.1) is 0 Å². The van der Waals surface area contributed by atoms with Gasteiger partial charge in [0.05, 0.1) is 0 Å². The Morgan fingerprint density at radius 2 is 1.81 bits per heavy atom. The second kappa shape index (κ2) is 10.7. The lowest BCUT2D eigenvalue weighted by Gasteiger charge is -2.34. The van der Waals surface area contributed by atoms with E-state index in [1.807, 2.05) is 4.90 Å². The molecule has 2 saturated heterocycles. The molecule has 27 heavy (non-hydrogen) atoms. The number of hydrogen-bond donors (Lipinski definition) is 1. The van der Waals surface area contributed by atoms with E-state index in [0.717, 1.165) is 19.4 Å². The Hall–Kier alpha value is -1.55. The highest BCUT2D eigenvalue weighted by atomic mass is 19.4. The lowest BCUT2D eigenvalue weighted by molar-refractivity contribution is -0.174. The van der Waals surface area contributed by atoms with Gasteiger partial charge in [-0.1, -0.05) is 0 Å². The highest BCUT2D eigenvalue weighted by molar-refractivity contribution is 5.78. The monoisotopic (exact) mass is 394 g/mol. The Balaban J connectivity index is 1.49. The minimum Gasteiger partial charge on any atom is -0.372 e. The Bertz CT molecular complexity index is 483. The Labute approximate surface area is 157 Å². The molecule has 2 rings (SSSR count). The summed E-state index contributed by atoms with van der Waals surface area (Å²) in [6.07, 6.45) is -1.44. The number of nitrogens with one attached hydrogen (secondary N) is 1. The summed E-state index contributed by atoms with van der Waals surface area (Å²) >= 11 is 0. The topological polar surface area (TPSA) is 65.1 Å². The van der Waals surface area contributed by atoms with Gasteiger partial charge < -0.3 is 19.9 Å². The molecule has 7 nitrogen and oxygen atoms in total.